The molecule has 1 amide bonds. The lowest BCUT2D eigenvalue weighted by Gasteiger charge is -2.34. The lowest BCUT2D eigenvalue weighted by molar-refractivity contribution is -0.0755. The zero-order chi connectivity index (χ0) is 23.2. The standard InChI is InChI=1S/C21H39N7O3.HI/c1-9-17-26-25-14-27(17)12-11-23-18(22-10-2)24-13-16-15(3)30-21(7,8)28(16)19(29)31-20(4,5)6;/h14-16H,9-13H2,1-8H3,(H2,22,23,24);1H. The molecule has 1 aromatic rings. The third-order valence-electron chi connectivity index (χ3n) is 4.96. The minimum absolute atomic E-state index is 0. The van der Waals surface area contributed by atoms with E-state index < -0.39 is 11.3 Å². The van der Waals surface area contributed by atoms with Crippen molar-refractivity contribution in [1.82, 2.24) is 30.3 Å². The molecule has 0 bridgehead atoms. The fourth-order valence-corrected chi connectivity index (χ4v) is 3.66. The summed E-state index contributed by atoms with van der Waals surface area (Å²) < 4.78 is 13.7. The third kappa shape index (κ3) is 7.75. The van der Waals surface area contributed by atoms with Crippen LogP contribution in [0.1, 0.15) is 61.2 Å². The Kier molecular flexibility index (Phi) is 10.7. The van der Waals surface area contributed by atoms with Gasteiger partial charge in [-0.2, -0.15) is 0 Å². The van der Waals surface area contributed by atoms with Crippen molar-refractivity contribution in [1.29, 1.82) is 0 Å². The number of hydrogen-bond donors (Lipinski definition) is 2. The molecule has 0 spiro atoms. The van der Waals surface area contributed by atoms with Crippen molar-refractivity contribution < 1.29 is 14.3 Å². The van der Waals surface area contributed by atoms with Gasteiger partial charge in [-0.15, -0.1) is 34.2 Å². The number of rotatable bonds is 7. The summed E-state index contributed by atoms with van der Waals surface area (Å²) in [5.41, 5.74) is -1.35. The molecule has 0 radical (unpaired) electrons. The predicted molar refractivity (Wildman–Crippen MR) is 135 cm³/mol. The predicted octanol–water partition coefficient (Wildman–Crippen LogP) is 2.77. The maximum atomic E-state index is 12.9. The van der Waals surface area contributed by atoms with Gasteiger partial charge in [0.05, 0.1) is 18.7 Å². The van der Waals surface area contributed by atoms with E-state index in [-0.39, 0.29) is 42.2 Å². The molecule has 2 unspecified atom stereocenters. The van der Waals surface area contributed by atoms with Gasteiger partial charge >= 0.3 is 6.09 Å². The Morgan fingerprint density at radius 1 is 1.31 bits per heavy atom. The number of carbonyl (C=O) groups excluding carboxylic acids is 1. The summed E-state index contributed by atoms with van der Waals surface area (Å²) in [6, 6.07) is -0.232. The smallest absolute Gasteiger partial charge is 0.412 e. The number of halogens is 1. The van der Waals surface area contributed by atoms with E-state index in [1.54, 1.807) is 11.2 Å². The highest BCUT2D eigenvalue weighted by Gasteiger charge is 2.49. The van der Waals surface area contributed by atoms with Crippen molar-refractivity contribution in [2.24, 2.45) is 4.99 Å². The van der Waals surface area contributed by atoms with Gasteiger partial charge in [-0.3, -0.25) is 9.89 Å². The summed E-state index contributed by atoms with van der Waals surface area (Å²) in [7, 11) is 0. The molecule has 0 saturated carbocycles. The Bertz CT molecular complexity index is 761. The van der Waals surface area contributed by atoms with Crippen LogP contribution in [-0.2, 0) is 22.4 Å². The van der Waals surface area contributed by atoms with E-state index in [1.165, 1.54) is 0 Å². The molecule has 1 aromatic heterocycles. The van der Waals surface area contributed by atoms with Gasteiger partial charge < -0.3 is 24.7 Å². The van der Waals surface area contributed by atoms with E-state index in [9.17, 15) is 4.79 Å². The number of aryl methyl sites for hydroxylation is 1. The van der Waals surface area contributed by atoms with E-state index in [4.69, 9.17) is 14.5 Å². The van der Waals surface area contributed by atoms with Gasteiger partial charge in [0.25, 0.3) is 0 Å². The topological polar surface area (TPSA) is 106 Å². The molecule has 2 atom stereocenters. The first kappa shape index (κ1) is 28.4. The van der Waals surface area contributed by atoms with Crippen LogP contribution in [0.4, 0.5) is 4.79 Å². The second-order valence-corrected chi connectivity index (χ2v) is 9.13. The Hall–Kier alpha value is -1.63. The maximum absolute atomic E-state index is 12.9. The zero-order valence-electron chi connectivity index (χ0n) is 20.6. The monoisotopic (exact) mass is 565 g/mol. The molecule has 1 aliphatic heterocycles. The van der Waals surface area contributed by atoms with E-state index >= 15 is 0 Å². The van der Waals surface area contributed by atoms with Crippen LogP contribution in [-0.4, -0.2) is 74.8 Å². The Balaban J connectivity index is 0.00000512. The number of aromatic nitrogens is 3. The lowest BCUT2D eigenvalue weighted by Crippen LogP contribution is -2.51. The first-order valence-electron chi connectivity index (χ1n) is 11.1. The molecule has 1 fully saturated rings. The average molecular weight is 566 g/mol. The van der Waals surface area contributed by atoms with Gasteiger partial charge in [-0.25, -0.2) is 4.79 Å². The molecule has 2 heterocycles. The van der Waals surface area contributed by atoms with Crippen molar-refractivity contribution in [2.75, 3.05) is 19.6 Å². The summed E-state index contributed by atoms with van der Waals surface area (Å²) in [5, 5.41) is 14.7. The number of nitrogens with one attached hydrogen (secondary N) is 2. The molecule has 11 heteroatoms. The van der Waals surface area contributed by atoms with Crippen LogP contribution >= 0.6 is 24.0 Å². The second kappa shape index (κ2) is 12.0. The van der Waals surface area contributed by atoms with Crippen LogP contribution in [0.5, 0.6) is 0 Å². The third-order valence-corrected chi connectivity index (χ3v) is 4.96. The molecule has 1 aliphatic rings. The van der Waals surface area contributed by atoms with Crippen molar-refractivity contribution >= 4 is 36.0 Å². The summed E-state index contributed by atoms with van der Waals surface area (Å²) >= 11 is 0. The molecule has 32 heavy (non-hydrogen) atoms. The van der Waals surface area contributed by atoms with Crippen LogP contribution in [0.2, 0.25) is 0 Å². The number of amides is 1. The maximum Gasteiger partial charge on any atom is 0.412 e. The summed E-state index contributed by atoms with van der Waals surface area (Å²) in [4.78, 5) is 19.3. The highest BCUT2D eigenvalue weighted by atomic mass is 127. The van der Waals surface area contributed by atoms with Crippen molar-refractivity contribution in [3.05, 3.63) is 12.2 Å². The quantitative estimate of drug-likeness (QED) is 0.298. The van der Waals surface area contributed by atoms with Crippen molar-refractivity contribution in [2.45, 2.75) is 91.8 Å². The molecule has 2 rings (SSSR count). The fraction of sp³-hybridized carbons (Fsp3) is 0.810. The van der Waals surface area contributed by atoms with Gasteiger partial charge in [0.15, 0.2) is 5.96 Å². The molecule has 2 N–H and O–H groups in total. The largest absolute Gasteiger partial charge is 0.444 e. The van der Waals surface area contributed by atoms with Crippen molar-refractivity contribution in [3.63, 3.8) is 0 Å². The van der Waals surface area contributed by atoms with Crippen molar-refractivity contribution in [3.8, 4) is 0 Å². The van der Waals surface area contributed by atoms with E-state index in [0.29, 0.717) is 19.0 Å². The van der Waals surface area contributed by atoms with Crippen LogP contribution in [0, 0.1) is 0 Å². The van der Waals surface area contributed by atoms with Gasteiger partial charge in [-0.1, -0.05) is 6.92 Å². The Morgan fingerprint density at radius 2 is 2.00 bits per heavy atom. The van der Waals surface area contributed by atoms with Crippen LogP contribution in [0.15, 0.2) is 11.3 Å². The number of carbonyl (C=O) groups is 1. The Labute approximate surface area is 208 Å². The zero-order valence-corrected chi connectivity index (χ0v) is 23.0. The summed E-state index contributed by atoms with van der Waals surface area (Å²) in [5.74, 6) is 1.64. The van der Waals surface area contributed by atoms with Gasteiger partial charge in [0, 0.05) is 26.1 Å². The summed E-state index contributed by atoms with van der Waals surface area (Å²) in [6.45, 7) is 17.9. The molecule has 10 nitrogen and oxygen atoms in total. The highest BCUT2D eigenvalue weighted by molar-refractivity contribution is 14.0. The number of hydrogen-bond acceptors (Lipinski definition) is 6. The van der Waals surface area contributed by atoms with Gasteiger partial charge in [0.1, 0.15) is 23.5 Å². The number of nitrogens with zero attached hydrogens (tertiary/aromatic N) is 5. The van der Waals surface area contributed by atoms with Crippen LogP contribution in [0.3, 0.4) is 0 Å². The van der Waals surface area contributed by atoms with E-state index in [2.05, 4.69) is 27.8 Å². The minimum atomic E-state index is -0.765. The van der Waals surface area contributed by atoms with E-state index in [0.717, 1.165) is 25.3 Å². The molecule has 184 valence electrons. The average Bonchev–Trinajstić information content (AvgIpc) is 3.18. The SMILES string of the molecule is CCNC(=NCC1C(C)OC(C)(C)N1C(=O)OC(C)(C)C)NCCn1cnnc1CC.I. The van der Waals surface area contributed by atoms with Gasteiger partial charge in [-0.05, 0) is 48.5 Å². The first-order chi connectivity index (χ1) is 14.5. The lowest BCUT2D eigenvalue weighted by atomic mass is 10.1. The van der Waals surface area contributed by atoms with Gasteiger partial charge in [0.2, 0.25) is 0 Å². The number of aliphatic imine (C=N–C) groups is 1. The fourth-order valence-electron chi connectivity index (χ4n) is 3.66. The normalized spacial score (nSPS) is 20.6. The van der Waals surface area contributed by atoms with Crippen LogP contribution in [0.25, 0.3) is 0 Å². The molecular weight excluding hydrogens is 525 g/mol. The molecule has 1 saturated heterocycles. The van der Waals surface area contributed by atoms with Crippen LogP contribution < -0.4 is 10.6 Å². The molecule has 0 aliphatic carbocycles. The molecule has 0 aromatic carbocycles. The minimum Gasteiger partial charge on any atom is -0.444 e. The van der Waals surface area contributed by atoms with E-state index in [1.807, 2.05) is 53.0 Å². The number of guanidine groups is 1. The molecular formula is C21H40IN7O3. The highest BCUT2D eigenvalue weighted by Crippen LogP contribution is 2.33. The number of ether oxygens (including phenoxy) is 2. The summed E-state index contributed by atoms with van der Waals surface area (Å²) in [6.07, 6.45) is 2.02. The first-order valence-corrected chi connectivity index (χ1v) is 11.1. The second-order valence-electron chi connectivity index (χ2n) is 9.13. The Morgan fingerprint density at radius 3 is 2.59 bits per heavy atom.